The molecule has 1 aromatic carbocycles. The minimum Gasteiger partial charge on any atom is -0.373 e. The quantitative estimate of drug-likeness (QED) is 0.618. The topological polar surface area (TPSA) is 69.3 Å². The van der Waals surface area contributed by atoms with Crippen LogP contribution in [0.3, 0.4) is 0 Å². The Morgan fingerprint density at radius 1 is 1.15 bits per heavy atom. The molecule has 0 atom stereocenters. The highest BCUT2D eigenvalue weighted by atomic mass is 32.2. The normalized spacial score (nSPS) is 12.2. The summed E-state index contributed by atoms with van der Waals surface area (Å²) in [5.41, 5.74) is 1.67. The second-order valence-corrected chi connectivity index (χ2v) is 8.13. The maximum Gasteiger partial charge on any atom is 0.537 e. The number of aromatic nitrogens is 3. The van der Waals surface area contributed by atoms with Gasteiger partial charge in [-0.1, -0.05) is 13.0 Å². The highest BCUT2D eigenvalue weighted by Gasteiger charge is 2.43. The van der Waals surface area contributed by atoms with Gasteiger partial charge in [-0.15, -0.1) is 11.8 Å². The predicted octanol–water partition coefficient (Wildman–Crippen LogP) is 1.55. The Balaban J connectivity index is 2.61. The van der Waals surface area contributed by atoms with Gasteiger partial charge in [0.25, 0.3) is 0 Å². The second kappa shape index (κ2) is 6.68. The van der Waals surface area contributed by atoms with Gasteiger partial charge < -0.3 is 13.3 Å². The second-order valence-electron chi connectivity index (χ2n) is 4.15. The number of nitrogens with one attached hydrogen (secondary N) is 1. The first-order valence-corrected chi connectivity index (χ1v) is 9.05. The lowest BCUT2D eigenvalue weighted by atomic mass is 10.3. The molecule has 0 unspecified atom stereocenters. The molecule has 1 aromatic heterocycles. The average molecular weight is 313 g/mol. The molecule has 0 bridgehead atoms. The van der Waals surface area contributed by atoms with E-state index in [1.165, 1.54) is 0 Å². The van der Waals surface area contributed by atoms with E-state index in [1.807, 2.05) is 12.1 Å². The number of H-pyrrole nitrogens is 1. The summed E-state index contributed by atoms with van der Waals surface area (Å²) in [6, 6.07) is 3.87. The van der Waals surface area contributed by atoms with Crippen molar-refractivity contribution in [3.05, 3.63) is 12.1 Å². The number of hydrogen-bond acceptors (Lipinski definition) is 6. The third-order valence-electron chi connectivity index (χ3n) is 3.03. The monoisotopic (exact) mass is 313 g/mol. The van der Waals surface area contributed by atoms with Gasteiger partial charge in [0.2, 0.25) is 0 Å². The maximum absolute atomic E-state index is 5.59. The molecule has 6 nitrogen and oxygen atoms in total. The van der Waals surface area contributed by atoms with E-state index in [1.54, 1.807) is 33.1 Å². The van der Waals surface area contributed by atoms with E-state index in [0.29, 0.717) is 0 Å². The molecule has 0 amide bonds. The number of thioether (sulfide) groups is 1. The molecule has 0 aliphatic rings. The van der Waals surface area contributed by atoms with Crippen LogP contribution in [-0.2, 0) is 13.3 Å². The number of benzene rings is 1. The molecule has 0 radical (unpaired) electrons. The first-order valence-electron chi connectivity index (χ1n) is 6.34. The summed E-state index contributed by atoms with van der Waals surface area (Å²) in [7, 11) is 1.95. The summed E-state index contributed by atoms with van der Waals surface area (Å²) in [4.78, 5) is 1.02. The zero-order valence-electron chi connectivity index (χ0n) is 12.1. The van der Waals surface area contributed by atoms with E-state index in [-0.39, 0.29) is 0 Å². The molecule has 110 valence electrons. The van der Waals surface area contributed by atoms with E-state index >= 15 is 0 Å². The summed E-state index contributed by atoms with van der Waals surface area (Å²) in [5, 5.41) is 12.0. The molecular weight excluding hydrogens is 294 g/mol. The van der Waals surface area contributed by atoms with E-state index in [9.17, 15) is 0 Å². The van der Waals surface area contributed by atoms with Crippen LogP contribution in [0.1, 0.15) is 13.3 Å². The standard InChI is InChI=1S/C12H19N3O3SSi/c1-5-8-19-12-10(20(16-2,17-3)18-4)7-6-9-11(12)14-15-13-9/h6-7H,5,8H2,1-4H3,(H,13,14,15). The molecule has 8 heteroatoms. The Morgan fingerprint density at radius 2 is 1.85 bits per heavy atom. The Bertz CT molecular complexity index is 566. The number of rotatable bonds is 7. The Kier molecular flexibility index (Phi) is 5.16. The smallest absolute Gasteiger partial charge is 0.373 e. The van der Waals surface area contributed by atoms with Crippen molar-refractivity contribution in [3.8, 4) is 0 Å². The molecule has 2 rings (SSSR count). The van der Waals surface area contributed by atoms with E-state index < -0.39 is 8.80 Å². The lowest BCUT2D eigenvalue weighted by Gasteiger charge is -2.26. The molecule has 1 heterocycles. The fraction of sp³-hybridized carbons (Fsp3) is 0.500. The molecule has 0 aliphatic heterocycles. The Morgan fingerprint density at radius 3 is 2.45 bits per heavy atom. The summed E-state index contributed by atoms with van der Waals surface area (Å²) in [6.45, 7) is 2.14. The number of aromatic amines is 1. The summed E-state index contributed by atoms with van der Waals surface area (Å²) in [6.07, 6.45) is 1.07. The van der Waals surface area contributed by atoms with Crippen molar-refractivity contribution in [2.75, 3.05) is 27.1 Å². The Labute approximate surface area is 123 Å². The van der Waals surface area contributed by atoms with Gasteiger partial charge in [-0.3, -0.25) is 0 Å². The largest absolute Gasteiger partial charge is 0.537 e. The van der Waals surface area contributed by atoms with E-state index in [4.69, 9.17) is 13.3 Å². The third kappa shape index (κ3) is 2.61. The predicted molar refractivity (Wildman–Crippen MR) is 81.3 cm³/mol. The highest BCUT2D eigenvalue weighted by Crippen LogP contribution is 2.27. The summed E-state index contributed by atoms with van der Waals surface area (Å²) < 4.78 is 16.8. The van der Waals surface area contributed by atoms with Crippen LogP contribution in [0.2, 0.25) is 0 Å². The first kappa shape index (κ1) is 15.5. The lowest BCUT2D eigenvalue weighted by Crippen LogP contribution is -2.55. The van der Waals surface area contributed by atoms with Crippen molar-refractivity contribution < 1.29 is 13.3 Å². The average Bonchev–Trinajstić information content (AvgIpc) is 2.96. The van der Waals surface area contributed by atoms with Gasteiger partial charge in [0.05, 0.1) is 0 Å². The van der Waals surface area contributed by atoms with Crippen LogP contribution in [0, 0.1) is 0 Å². The van der Waals surface area contributed by atoms with Gasteiger partial charge in [-0.05, 0) is 18.2 Å². The SMILES string of the molecule is CCCSc1c([Si](OC)(OC)OC)ccc2n[nH]nc12. The summed E-state index contributed by atoms with van der Waals surface area (Å²) in [5.74, 6) is 0.987. The van der Waals surface area contributed by atoms with Gasteiger partial charge in [0.15, 0.2) is 0 Å². The van der Waals surface area contributed by atoms with Gasteiger partial charge >= 0.3 is 8.80 Å². The van der Waals surface area contributed by atoms with Crippen LogP contribution < -0.4 is 5.19 Å². The Hall–Kier alpha value is -0.933. The lowest BCUT2D eigenvalue weighted by molar-refractivity contribution is 0.140. The van der Waals surface area contributed by atoms with Crippen molar-refractivity contribution in [1.82, 2.24) is 15.4 Å². The van der Waals surface area contributed by atoms with Crippen molar-refractivity contribution in [3.63, 3.8) is 0 Å². The third-order valence-corrected chi connectivity index (χ3v) is 7.21. The molecular formula is C12H19N3O3SSi. The molecule has 1 N–H and O–H groups in total. The fourth-order valence-corrected chi connectivity index (χ4v) is 5.41. The van der Waals surface area contributed by atoms with E-state index in [2.05, 4.69) is 22.3 Å². The molecule has 20 heavy (non-hydrogen) atoms. The number of hydrogen-bond donors (Lipinski definition) is 1. The molecule has 0 spiro atoms. The fourth-order valence-electron chi connectivity index (χ4n) is 2.06. The molecule has 2 aromatic rings. The minimum absolute atomic E-state index is 0.832. The van der Waals surface area contributed by atoms with Crippen molar-refractivity contribution >= 4 is 36.8 Å². The maximum atomic E-state index is 5.59. The minimum atomic E-state index is -2.88. The van der Waals surface area contributed by atoms with Gasteiger partial charge in [0.1, 0.15) is 11.0 Å². The summed E-state index contributed by atoms with van der Waals surface area (Å²) >= 11 is 1.73. The van der Waals surface area contributed by atoms with Crippen LogP contribution in [0.4, 0.5) is 0 Å². The van der Waals surface area contributed by atoms with Crippen molar-refractivity contribution in [1.29, 1.82) is 0 Å². The van der Waals surface area contributed by atoms with Crippen LogP contribution in [0.25, 0.3) is 11.0 Å². The van der Waals surface area contributed by atoms with Gasteiger partial charge in [-0.2, -0.15) is 15.4 Å². The van der Waals surface area contributed by atoms with Crippen molar-refractivity contribution in [2.24, 2.45) is 0 Å². The van der Waals surface area contributed by atoms with Crippen molar-refractivity contribution in [2.45, 2.75) is 18.2 Å². The molecule has 0 saturated carbocycles. The zero-order valence-corrected chi connectivity index (χ0v) is 13.9. The zero-order chi connectivity index (χ0) is 14.6. The molecule has 0 fully saturated rings. The first-order chi connectivity index (χ1) is 9.72. The van der Waals surface area contributed by atoms with Crippen LogP contribution in [-0.4, -0.2) is 51.3 Å². The van der Waals surface area contributed by atoms with Crippen LogP contribution in [0.5, 0.6) is 0 Å². The van der Waals surface area contributed by atoms with Crippen LogP contribution in [0.15, 0.2) is 17.0 Å². The number of fused-ring (bicyclic) bond motifs is 1. The molecule has 0 saturated heterocycles. The van der Waals surface area contributed by atoms with Crippen LogP contribution >= 0.6 is 11.8 Å². The van der Waals surface area contributed by atoms with E-state index in [0.717, 1.165) is 33.3 Å². The number of nitrogens with zero attached hydrogens (tertiary/aromatic N) is 2. The highest BCUT2D eigenvalue weighted by molar-refractivity contribution is 7.99. The molecule has 0 aliphatic carbocycles. The van der Waals surface area contributed by atoms with Gasteiger partial charge in [-0.25, -0.2) is 0 Å². The van der Waals surface area contributed by atoms with Gasteiger partial charge in [0, 0.05) is 31.4 Å².